The molecule has 0 fully saturated rings. The Bertz CT molecular complexity index is 534. The van der Waals surface area contributed by atoms with Gasteiger partial charge in [0.2, 0.25) is 5.91 Å². The first-order chi connectivity index (χ1) is 8.04. The first-order valence-electron chi connectivity index (χ1n) is 5.36. The summed E-state index contributed by atoms with van der Waals surface area (Å²) >= 11 is 5.85. The van der Waals surface area contributed by atoms with Crippen molar-refractivity contribution in [2.45, 2.75) is 13.8 Å². The Kier molecular flexibility index (Phi) is 3.03. The van der Waals surface area contributed by atoms with Crippen molar-refractivity contribution in [2.75, 3.05) is 5.32 Å². The molecule has 88 valence electrons. The van der Waals surface area contributed by atoms with Gasteiger partial charge in [-0.25, -0.2) is 0 Å². The lowest BCUT2D eigenvalue weighted by atomic mass is 9.94. The Morgan fingerprint density at radius 1 is 1.35 bits per heavy atom. The number of Topliss-reactive ketones (excluding diaryl/α,β-unsaturated/α-hetero) is 1. The highest BCUT2D eigenvalue weighted by Gasteiger charge is 2.29. The molecule has 1 amide bonds. The number of ketones is 1. The predicted octanol–water partition coefficient (Wildman–Crippen LogP) is 3.06. The molecule has 4 heteroatoms. The van der Waals surface area contributed by atoms with Gasteiger partial charge in [-0.05, 0) is 32.0 Å². The zero-order valence-corrected chi connectivity index (χ0v) is 10.3. The number of carbonyl (C=O) groups excluding carboxylic acids is 2. The molecule has 0 aromatic heterocycles. The second kappa shape index (κ2) is 4.34. The quantitative estimate of drug-likeness (QED) is 0.719. The summed E-state index contributed by atoms with van der Waals surface area (Å²) in [4.78, 5) is 24.1. The molecular weight excluding hydrogens is 238 g/mol. The molecule has 0 radical (unpaired) electrons. The van der Waals surface area contributed by atoms with Crippen LogP contribution in [0.2, 0.25) is 5.02 Å². The number of amides is 1. The van der Waals surface area contributed by atoms with Crippen molar-refractivity contribution in [2.24, 2.45) is 5.92 Å². The number of hydrogen-bond donors (Lipinski definition) is 1. The van der Waals surface area contributed by atoms with E-state index in [0.29, 0.717) is 21.8 Å². The van der Waals surface area contributed by atoms with Gasteiger partial charge in [0.25, 0.3) is 0 Å². The average molecular weight is 250 g/mol. The number of halogens is 1. The maximum Gasteiger partial charge on any atom is 0.231 e. The molecule has 1 heterocycles. The fraction of sp³-hybridized carbons (Fsp3) is 0.231. The number of rotatable bonds is 0. The second-order valence-corrected chi connectivity index (χ2v) is 4.41. The van der Waals surface area contributed by atoms with Crippen molar-refractivity contribution >= 4 is 29.0 Å². The van der Waals surface area contributed by atoms with E-state index in [2.05, 4.69) is 5.32 Å². The lowest BCUT2D eigenvalue weighted by Crippen LogP contribution is -2.21. The average Bonchev–Trinajstić information content (AvgIpc) is 2.36. The Morgan fingerprint density at radius 3 is 2.71 bits per heavy atom. The maximum absolute atomic E-state index is 12.2. The molecule has 0 bridgehead atoms. The summed E-state index contributed by atoms with van der Waals surface area (Å²) in [7, 11) is 0. The van der Waals surface area contributed by atoms with Gasteiger partial charge in [0, 0.05) is 16.2 Å². The molecule has 1 aliphatic heterocycles. The number of hydrogen-bond acceptors (Lipinski definition) is 2. The fourth-order valence-corrected chi connectivity index (χ4v) is 2.11. The molecule has 0 unspecified atom stereocenters. The summed E-state index contributed by atoms with van der Waals surface area (Å²) in [6, 6.07) is 4.88. The number of anilines is 1. The minimum absolute atomic E-state index is 0.120. The van der Waals surface area contributed by atoms with Gasteiger partial charge in [0.1, 0.15) is 0 Å². The molecule has 0 saturated heterocycles. The molecule has 0 spiro atoms. The Labute approximate surface area is 104 Å². The lowest BCUT2D eigenvalue weighted by Gasteiger charge is -2.08. The van der Waals surface area contributed by atoms with E-state index in [1.54, 1.807) is 38.1 Å². The van der Waals surface area contributed by atoms with Gasteiger partial charge >= 0.3 is 0 Å². The Balaban J connectivity index is 2.63. The normalized spacial score (nSPS) is 22.1. The molecule has 0 saturated carbocycles. The predicted molar refractivity (Wildman–Crippen MR) is 67.3 cm³/mol. The van der Waals surface area contributed by atoms with Crippen molar-refractivity contribution in [3.05, 3.63) is 40.4 Å². The minimum Gasteiger partial charge on any atom is -0.325 e. The highest BCUT2D eigenvalue weighted by atomic mass is 35.5. The Morgan fingerprint density at radius 2 is 2.06 bits per heavy atom. The standard InChI is InChI=1S/C13H12ClNO2/c1-3-9-7(2)13(17)15-11-6-8(14)4-5-10(11)12(9)16/h3-7H,1-2H3,(H,15,17)/b9-3+/t7-/m1/s1. The van der Waals surface area contributed by atoms with Gasteiger partial charge in [0.05, 0.1) is 11.6 Å². The van der Waals surface area contributed by atoms with Crippen LogP contribution >= 0.6 is 11.6 Å². The van der Waals surface area contributed by atoms with Gasteiger partial charge in [-0.3, -0.25) is 9.59 Å². The number of nitrogens with one attached hydrogen (secondary N) is 1. The van der Waals surface area contributed by atoms with Crippen LogP contribution in [0.25, 0.3) is 0 Å². The van der Waals surface area contributed by atoms with E-state index < -0.39 is 5.92 Å². The first kappa shape index (κ1) is 11.9. The molecular formula is C13H12ClNO2. The van der Waals surface area contributed by atoms with Gasteiger partial charge in [-0.15, -0.1) is 0 Å². The van der Waals surface area contributed by atoms with Crippen LogP contribution < -0.4 is 5.32 Å². The van der Waals surface area contributed by atoms with Crippen LogP contribution in [0.4, 0.5) is 5.69 Å². The van der Waals surface area contributed by atoms with Crippen LogP contribution in [0.3, 0.4) is 0 Å². The Hall–Kier alpha value is -1.61. The number of carbonyl (C=O) groups is 2. The molecule has 1 N–H and O–H groups in total. The van der Waals surface area contributed by atoms with E-state index in [-0.39, 0.29) is 11.7 Å². The van der Waals surface area contributed by atoms with E-state index in [4.69, 9.17) is 11.6 Å². The van der Waals surface area contributed by atoms with E-state index >= 15 is 0 Å². The van der Waals surface area contributed by atoms with E-state index in [0.717, 1.165) is 0 Å². The molecule has 0 aliphatic carbocycles. The SMILES string of the molecule is C/C=C1/C(=O)c2ccc(Cl)cc2NC(=O)[C@@H]1C. The first-order valence-corrected chi connectivity index (χ1v) is 5.73. The summed E-state index contributed by atoms with van der Waals surface area (Å²) in [5, 5.41) is 3.22. The third kappa shape index (κ3) is 1.98. The number of allylic oxidation sites excluding steroid dienone is 1. The summed E-state index contributed by atoms with van der Waals surface area (Å²) < 4.78 is 0. The highest BCUT2D eigenvalue weighted by molar-refractivity contribution is 6.31. The summed E-state index contributed by atoms with van der Waals surface area (Å²) in [5.41, 5.74) is 1.49. The summed E-state index contributed by atoms with van der Waals surface area (Å²) in [5.74, 6) is -0.754. The van der Waals surface area contributed by atoms with Crippen LogP contribution in [0, 0.1) is 5.92 Å². The lowest BCUT2D eigenvalue weighted by molar-refractivity contribution is -0.118. The van der Waals surface area contributed by atoms with Crippen LogP contribution in [-0.2, 0) is 4.79 Å². The minimum atomic E-state index is -0.446. The van der Waals surface area contributed by atoms with Crippen molar-refractivity contribution in [3.8, 4) is 0 Å². The zero-order valence-electron chi connectivity index (χ0n) is 9.58. The van der Waals surface area contributed by atoms with Crippen molar-refractivity contribution < 1.29 is 9.59 Å². The molecule has 2 rings (SSSR count). The third-order valence-corrected chi connectivity index (χ3v) is 3.15. The smallest absolute Gasteiger partial charge is 0.231 e. The largest absolute Gasteiger partial charge is 0.325 e. The third-order valence-electron chi connectivity index (χ3n) is 2.92. The van der Waals surface area contributed by atoms with Gasteiger partial charge in [0.15, 0.2) is 5.78 Å². The maximum atomic E-state index is 12.2. The van der Waals surface area contributed by atoms with E-state index in [9.17, 15) is 9.59 Å². The monoisotopic (exact) mass is 249 g/mol. The van der Waals surface area contributed by atoms with E-state index in [1.807, 2.05) is 0 Å². The highest BCUT2D eigenvalue weighted by Crippen LogP contribution is 2.30. The summed E-state index contributed by atoms with van der Waals surface area (Å²) in [6.45, 7) is 3.48. The number of benzene rings is 1. The molecule has 17 heavy (non-hydrogen) atoms. The van der Waals surface area contributed by atoms with Crippen LogP contribution in [-0.4, -0.2) is 11.7 Å². The molecule has 1 aromatic carbocycles. The van der Waals surface area contributed by atoms with Crippen LogP contribution in [0.15, 0.2) is 29.8 Å². The van der Waals surface area contributed by atoms with Gasteiger partial charge in [-0.2, -0.15) is 0 Å². The van der Waals surface area contributed by atoms with E-state index in [1.165, 1.54) is 0 Å². The van der Waals surface area contributed by atoms with Crippen molar-refractivity contribution in [1.82, 2.24) is 0 Å². The topological polar surface area (TPSA) is 46.2 Å². The molecule has 1 atom stereocenters. The molecule has 1 aliphatic rings. The summed E-state index contributed by atoms with van der Waals surface area (Å²) in [6.07, 6.45) is 1.69. The number of fused-ring (bicyclic) bond motifs is 1. The van der Waals surface area contributed by atoms with Gasteiger partial charge in [-0.1, -0.05) is 17.7 Å². The van der Waals surface area contributed by atoms with Crippen molar-refractivity contribution in [1.29, 1.82) is 0 Å². The fourth-order valence-electron chi connectivity index (χ4n) is 1.93. The van der Waals surface area contributed by atoms with Crippen LogP contribution in [0.5, 0.6) is 0 Å². The zero-order chi connectivity index (χ0) is 12.6. The molecule has 3 nitrogen and oxygen atoms in total. The van der Waals surface area contributed by atoms with Crippen molar-refractivity contribution in [3.63, 3.8) is 0 Å². The second-order valence-electron chi connectivity index (χ2n) is 3.97. The van der Waals surface area contributed by atoms with Gasteiger partial charge < -0.3 is 5.32 Å². The van der Waals surface area contributed by atoms with Crippen LogP contribution in [0.1, 0.15) is 24.2 Å². The molecule has 1 aromatic rings.